The lowest BCUT2D eigenvalue weighted by atomic mass is 10.0. The predicted molar refractivity (Wildman–Crippen MR) is 75.0 cm³/mol. The zero-order valence-electron chi connectivity index (χ0n) is 11.3. The summed E-state index contributed by atoms with van der Waals surface area (Å²) in [5.74, 6) is 0. The average Bonchev–Trinajstić information content (AvgIpc) is 2.43. The molecule has 0 spiro atoms. The maximum Gasteiger partial charge on any atom is 0.322 e. The molecule has 3 nitrogen and oxygen atoms in total. The third-order valence-corrected chi connectivity index (χ3v) is 3.67. The highest BCUT2D eigenvalue weighted by Crippen LogP contribution is 2.26. The molecule has 2 amide bonds. The Bertz CT molecular complexity index is 413. The third-order valence-electron chi connectivity index (χ3n) is 3.67. The molecule has 0 aliphatic carbocycles. The van der Waals surface area contributed by atoms with E-state index in [9.17, 15) is 4.79 Å². The smallest absolute Gasteiger partial charge is 0.322 e. The number of fused-ring (bicyclic) bond motifs is 1. The van der Waals surface area contributed by atoms with E-state index in [-0.39, 0.29) is 12.1 Å². The second-order valence-electron chi connectivity index (χ2n) is 4.85. The van der Waals surface area contributed by atoms with Gasteiger partial charge in [0.05, 0.1) is 0 Å². The van der Waals surface area contributed by atoms with Crippen LogP contribution in [-0.4, -0.2) is 18.6 Å². The second kappa shape index (κ2) is 5.89. The zero-order chi connectivity index (χ0) is 13.0. The maximum absolute atomic E-state index is 12.3. The van der Waals surface area contributed by atoms with Crippen LogP contribution >= 0.6 is 0 Å². The molecule has 0 saturated carbocycles. The van der Waals surface area contributed by atoms with Crippen molar-refractivity contribution in [2.45, 2.75) is 45.6 Å². The molecule has 1 aromatic rings. The highest BCUT2D eigenvalue weighted by atomic mass is 16.2. The summed E-state index contributed by atoms with van der Waals surface area (Å²) < 4.78 is 0. The summed E-state index contributed by atoms with van der Waals surface area (Å²) in [6.45, 7) is 5.04. The predicted octanol–water partition coefficient (Wildman–Crippen LogP) is 3.34. The molecule has 2 rings (SSSR count). The van der Waals surface area contributed by atoms with Crippen LogP contribution in [0, 0.1) is 0 Å². The van der Waals surface area contributed by atoms with Gasteiger partial charge in [-0.1, -0.05) is 32.0 Å². The Labute approximate surface area is 109 Å². The van der Waals surface area contributed by atoms with E-state index in [1.165, 1.54) is 5.56 Å². The van der Waals surface area contributed by atoms with Crippen LogP contribution in [0.4, 0.5) is 10.5 Å². The first-order chi connectivity index (χ1) is 8.76. The van der Waals surface area contributed by atoms with Gasteiger partial charge in [0.25, 0.3) is 0 Å². The van der Waals surface area contributed by atoms with Gasteiger partial charge in [-0.3, -0.25) is 4.90 Å². The van der Waals surface area contributed by atoms with E-state index in [0.717, 1.165) is 37.9 Å². The van der Waals surface area contributed by atoms with Crippen molar-refractivity contribution in [3.05, 3.63) is 29.8 Å². The minimum Gasteiger partial charge on any atom is -0.335 e. The molecule has 0 aromatic heterocycles. The number of aryl methyl sites for hydroxylation is 1. The number of rotatable bonds is 3. The number of nitrogens with one attached hydrogen (secondary N) is 1. The van der Waals surface area contributed by atoms with Crippen LogP contribution in [0.2, 0.25) is 0 Å². The van der Waals surface area contributed by atoms with Crippen molar-refractivity contribution in [2.75, 3.05) is 11.4 Å². The number of benzene rings is 1. The monoisotopic (exact) mass is 246 g/mol. The molecule has 0 bridgehead atoms. The van der Waals surface area contributed by atoms with Crippen molar-refractivity contribution in [3.63, 3.8) is 0 Å². The lowest BCUT2D eigenvalue weighted by Crippen LogP contribution is -2.46. The van der Waals surface area contributed by atoms with E-state index in [1.807, 2.05) is 23.1 Å². The van der Waals surface area contributed by atoms with Crippen LogP contribution in [0.15, 0.2) is 24.3 Å². The van der Waals surface area contributed by atoms with Crippen LogP contribution in [0.3, 0.4) is 0 Å². The van der Waals surface area contributed by atoms with Gasteiger partial charge in [0, 0.05) is 18.3 Å². The Balaban J connectivity index is 2.12. The molecule has 1 aromatic carbocycles. The molecule has 1 aliphatic rings. The van der Waals surface area contributed by atoms with E-state index in [4.69, 9.17) is 0 Å². The first kappa shape index (κ1) is 12.9. The Morgan fingerprint density at radius 3 is 2.78 bits per heavy atom. The maximum atomic E-state index is 12.3. The fourth-order valence-corrected chi connectivity index (χ4v) is 2.49. The normalized spacial score (nSPS) is 14.5. The lowest BCUT2D eigenvalue weighted by molar-refractivity contribution is 0.241. The van der Waals surface area contributed by atoms with Gasteiger partial charge in [-0.15, -0.1) is 0 Å². The Morgan fingerprint density at radius 1 is 1.33 bits per heavy atom. The van der Waals surface area contributed by atoms with Gasteiger partial charge >= 0.3 is 6.03 Å². The number of amides is 2. The van der Waals surface area contributed by atoms with Crippen molar-refractivity contribution in [3.8, 4) is 0 Å². The van der Waals surface area contributed by atoms with E-state index in [2.05, 4.69) is 25.2 Å². The largest absolute Gasteiger partial charge is 0.335 e. The molecule has 1 heterocycles. The quantitative estimate of drug-likeness (QED) is 0.871. The molecule has 0 atom stereocenters. The molecule has 0 radical (unpaired) electrons. The first-order valence-corrected chi connectivity index (χ1v) is 6.92. The lowest BCUT2D eigenvalue weighted by Gasteiger charge is -2.31. The molecule has 0 unspecified atom stereocenters. The number of anilines is 1. The highest BCUT2D eigenvalue weighted by molar-refractivity contribution is 5.93. The highest BCUT2D eigenvalue weighted by Gasteiger charge is 2.22. The summed E-state index contributed by atoms with van der Waals surface area (Å²) in [4.78, 5) is 14.2. The zero-order valence-corrected chi connectivity index (χ0v) is 11.3. The van der Waals surface area contributed by atoms with Gasteiger partial charge in [-0.2, -0.15) is 0 Å². The van der Waals surface area contributed by atoms with Gasteiger partial charge in [-0.25, -0.2) is 4.79 Å². The summed E-state index contributed by atoms with van der Waals surface area (Å²) in [7, 11) is 0. The van der Waals surface area contributed by atoms with E-state index < -0.39 is 0 Å². The van der Waals surface area contributed by atoms with Crippen LogP contribution in [0.25, 0.3) is 0 Å². The van der Waals surface area contributed by atoms with Crippen LogP contribution < -0.4 is 10.2 Å². The summed E-state index contributed by atoms with van der Waals surface area (Å²) >= 11 is 0. The van der Waals surface area contributed by atoms with Gasteiger partial charge < -0.3 is 5.32 Å². The molecule has 0 fully saturated rings. The number of para-hydroxylation sites is 1. The summed E-state index contributed by atoms with van der Waals surface area (Å²) in [6.07, 6.45) is 4.09. The minimum absolute atomic E-state index is 0.0517. The fraction of sp³-hybridized carbons (Fsp3) is 0.533. The summed E-state index contributed by atoms with van der Waals surface area (Å²) in [6, 6.07) is 8.54. The van der Waals surface area contributed by atoms with Crippen LogP contribution in [0.1, 0.15) is 38.7 Å². The number of carbonyl (C=O) groups is 1. The molecular weight excluding hydrogens is 224 g/mol. The number of urea groups is 1. The number of carbonyl (C=O) groups excluding carboxylic acids is 1. The molecule has 98 valence electrons. The topological polar surface area (TPSA) is 32.3 Å². The van der Waals surface area contributed by atoms with E-state index >= 15 is 0 Å². The van der Waals surface area contributed by atoms with Gasteiger partial charge in [0.2, 0.25) is 0 Å². The Hall–Kier alpha value is -1.51. The fourth-order valence-electron chi connectivity index (χ4n) is 2.49. The first-order valence-electron chi connectivity index (χ1n) is 6.92. The Kier molecular flexibility index (Phi) is 4.24. The van der Waals surface area contributed by atoms with E-state index in [1.54, 1.807) is 0 Å². The van der Waals surface area contributed by atoms with Crippen molar-refractivity contribution in [1.29, 1.82) is 0 Å². The standard InChI is InChI=1S/C15H22N2O/c1-3-13(4-2)16-15(18)17-11-7-9-12-8-5-6-10-14(12)17/h5-6,8,10,13H,3-4,7,9,11H2,1-2H3,(H,16,18). The second-order valence-corrected chi connectivity index (χ2v) is 4.85. The van der Waals surface area contributed by atoms with Crippen molar-refractivity contribution in [1.82, 2.24) is 5.32 Å². The summed E-state index contributed by atoms with van der Waals surface area (Å²) in [5.41, 5.74) is 2.36. The van der Waals surface area contributed by atoms with Crippen LogP contribution in [0.5, 0.6) is 0 Å². The Morgan fingerprint density at radius 2 is 2.06 bits per heavy atom. The van der Waals surface area contributed by atoms with Gasteiger partial charge in [0.15, 0.2) is 0 Å². The molecule has 1 aliphatic heterocycles. The number of hydrogen-bond acceptors (Lipinski definition) is 1. The number of hydrogen-bond donors (Lipinski definition) is 1. The van der Waals surface area contributed by atoms with Crippen molar-refractivity contribution < 1.29 is 4.79 Å². The molecule has 0 saturated heterocycles. The van der Waals surface area contributed by atoms with Gasteiger partial charge in [-0.05, 0) is 37.3 Å². The molecule has 1 N–H and O–H groups in total. The van der Waals surface area contributed by atoms with Crippen molar-refractivity contribution >= 4 is 11.7 Å². The SMILES string of the molecule is CCC(CC)NC(=O)N1CCCc2ccccc21. The molecule has 3 heteroatoms. The minimum atomic E-state index is 0.0517. The third kappa shape index (κ3) is 2.66. The summed E-state index contributed by atoms with van der Waals surface area (Å²) in [5, 5.41) is 3.11. The number of nitrogens with zero attached hydrogens (tertiary/aromatic N) is 1. The average molecular weight is 246 g/mol. The van der Waals surface area contributed by atoms with Crippen molar-refractivity contribution in [2.24, 2.45) is 0 Å². The van der Waals surface area contributed by atoms with E-state index in [0.29, 0.717) is 0 Å². The molecular formula is C15H22N2O. The van der Waals surface area contributed by atoms with Crippen LogP contribution in [-0.2, 0) is 6.42 Å². The van der Waals surface area contributed by atoms with Gasteiger partial charge in [0.1, 0.15) is 0 Å². The molecule has 18 heavy (non-hydrogen) atoms.